The van der Waals surface area contributed by atoms with Gasteiger partial charge in [-0.2, -0.15) is 0 Å². The molecule has 108 valence electrons. The van der Waals surface area contributed by atoms with Crippen molar-refractivity contribution in [2.24, 2.45) is 5.73 Å². The maximum Gasteiger partial charge on any atom is 0.255 e. The van der Waals surface area contributed by atoms with E-state index in [4.69, 9.17) is 10.2 Å². The van der Waals surface area contributed by atoms with Crippen LogP contribution in [0.4, 0.5) is 0 Å². The molecule has 0 saturated heterocycles. The first kappa shape index (κ1) is 14.9. The van der Waals surface area contributed by atoms with Gasteiger partial charge in [-0.25, -0.2) is 0 Å². The highest BCUT2D eigenvalue weighted by Gasteiger charge is 2.13. The monoisotopic (exact) mass is 282 g/mol. The molecular weight excluding hydrogens is 264 g/mol. The Kier molecular flexibility index (Phi) is 4.81. The van der Waals surface area contributed by atoms with Gasteiger partial charge in [-0.1, -0.05) is 30.0 Å². The maximum atomic E-state index is 12.2. The van der Waals surface area contributed by atoms with Gasteiger partial charge in [0.25, 0.3) is 5.91 Å². The third-order valence-corrected chi connectivity index (χ3v) is 3.07. The van der Waals surface area contributed by atoms with Crippen molar-refractivity contribution in [3.63, 3.8) is 0 Å². The topological polar surface area (TPSA) is 68.3 Å². The van der Waals surface area contributed by atoms with E-state index in [1.165, 1.54) is 0 Å². The van der Waals surface area contributed by atoms with Crippen molar-refractivity contribution in [3.8, 4) is 11.8 Å². The third-order valence-electron chi connectivity index (χ3n) is 3.07. The molecule has 4 heteroatoms. The number of hydrogen-bond donors (Lipinski definition) is 2. The van der Waals surface area contributed by atoms with Crippen LogP contribution in [0.1, 0.15) is 33.0 Å². The minimum atomic E-state index is -0.147. The Hall–Kier alpha value is -2.51. The molecule has 0 atom stereocenters. The summed E-state index contributed by atoms with van der Waals surface area (Å²) >= 11 is 0. The Labute approximate surface area is 124 Å². The highest BCUT2D eigenvalue weighted by molar-refractivity contribution is 5.95. The highest BCUT2D eigenvalue weighted by atomic mass is 16.3. The van der Waals surface area contributed by atoms with Crippen LogP contribution in [0, 0.1) is 25.7 Å². The number of carbonyl (C=O) groups is 1. The number of amides is 1. The lowest BCUT2D eigenvalue weighted by Gasteiger charge is -2.06. The van der Waals surface area contributed by atoms with Gasteiger partial charge in [0.2, 0.25) is 0 Å². The summed E-state index contributed by atoms with van der Waals surface area (Å²) in [6.45, 7) is 4.33. The number of nitrogens with two attached hydrogens (primary N) is 1. The van der Waals surface area contributed by atoms with Gasteiger partial charge in [-0.3, -0.25) is 4.79 Å². The number of aryl methyl sites for hydroxylation is 2. The summed E-state index contributed by atoms with van der Waals surface area (Å²) < 4.78 is 5.37. The molecule has 21 heavy (non-hydrogen) atoms. The zero-order chi connectivity index (χ0) is 15.2. The van der Waals surface area contributed by atoms with Crippen molar-refractivity contribution in [2.75, 3.05) is 6.54 Å². The molecule has 2 aromatic rings. The second kappa shape index (κ2) is 6.78. The van der Waals surface area contributed by atoms with Gasteiger partial charge in [0.1, 0.15) is 11.5 Å². The molecule has 3 N–H and O–H groups in total. The SMILES string of the molecule is Cc1cc(C(=O)NCc2ccccc2C#CCN)c(C)o1. The van der Waals surface area contributed by atoms with Crippen molar-refractivity contribution < 1.29 is 9.21 Å². The summed E-state index contributed by atoms with van der Waals surface area (Å²) in [4.78, 5) is 12.2. The fraction of sp³-hybridized carbons (Fsp3) is 0.235. The molecule has 0 aliphatic rings. The molecule has 0 spiro atoms. The smallest absolute Gasteiger partial charge is 0.255 e. The number of hydrogen-bond acceptors (Lipinski definition) is 3. The van der Waals surface area contributed by atoms with E-state index >= 15 is 0 Å². The summed E-state index contributed by atoms with van der Waals surface area (Å²) in [6, 6.07) is 9.42. The van der Waals surface area contributed by atoms with E-state index in [1.54, 1.807) is 13.0 Å². The number of furan rings is 1. The summed E-state index contributed by atoms with van der Waals surface area (Å²) in [6.07, 6.45) is 0. The van der Waals surface area contributed by atoms with Crippen LogP contribution in [0.15, 0.2) is 34.7 Å². The van der Waals surface area contributed by atoms with E-state index in [9.17, 15) is 4.79 Å². The van der Waals surface area contributed by atoms with Crippen LogP contribution in [0.25, 0.3) is 0 Å². The zero-order valence-corrected chi connectivity index (χ0v) is 12.2. The Balaban J connectivity index is 2.10. The average Bonchev–Trinajstić information content (AvgIpc) is 2.82. The first-order valence-corrected chi connectivity index (χ1v) is 6.74. The van der Waals surface area contributed by atoms with E-state index in [-0.39, 0.29) is 5.91 Å². The molecule has 2 rings (SSSR count). The molecule has 0 radical (unpaired) electrons. The Bertz CT molecular complexity index is 705. The van der Waals surface area contributed by atoms with Crippen molar-refractivity contribution in [2.45, 2.75) is 20.4 Å². The van der Waals surface area contributed by atoms with Crippen molar-refractivity contribution in [3.05, 3.63) is 58.5 Å². The molecule has 0 saturated carbocycles. The normalized spacial score (nSPS) is 9.86. The number of benzene rings is 1. The van der Waals surface area contributed by atoms with Crippen LogP contribution in [0.5, 0.6) is 0 Å². The van der Waals surface area contributed by atoms with E-state index in [2.05, 4.69) is 17.2 Å². The molecule has 1 aromatic heterocycles. The first-order valence-electron chi connectivity index (χ1n) is 6.74. The largest absolute Gasteiger partial charge is 0.466 e. The Morgan fingerprint density at radius 3 is 2.76 bits per heavy atom. The molecule has 1 heterocycles. The number of carbonyl (C=O) groups excluding carboxylic acids is 1. The van der Waals surface area contributed by atoms with Gasteiger partial charge in [0.05, 0.1) is 12.1 Å². The van der Waals surface area contributed by atoms with E-state index < -0.39 is 0 Å². The van der Waals surface area contributed by atoms with Crippen LogP contribution >= 0.6 is 0 Å². The molecule has 1 aromatic carbocycles. The lowest BCUT2D eigenvalue weighted by molar-refractivity contribution is 0.0949. The van der Waals surface area contributed by atoms with Crippen LogP contribution in [0.3, 0.4) is 0 Å². The lowest BCUT2D eigenvalue weighted by Crippen LogP contribution is -2.23. The van der Waals surface area contributed by atoms with Gasteiger partial charge < -0.3 is 15.5 Å². The molecule has 4 nitrogen and oxygen atoms in total. The number of rotatable bonds is 3. The molecule has 0 bridgehead atoms. The third kappa shape index (κ3) is 3.74. The molecule has 0 unspecified atom stereocenters. The standard InChI is InChI=1S/C17H18N2O2/c1-12-10-16(13(2)21-12)17(20)19-11-15-7-4-3-6-14(15)8-5-9-18/h3-4,6-7,10H,9,11,18H2,1-2H3,(H,19,20). The van der Waals surface area contributed by atoms with Gasteiger partial charge in [0.15, 0.2) is 0 Å². The van der Waals surface area contributed by atoms with E-state index in [0.29, 0.717) is 24.4 Å². The summed E-state index contributed by atoms with van der Waals surface area (Å²) in [5, 5.41) is 2.89. The fourth-order valence-electron chi connectivity index (χ4n) is 2.07. The highest BCUT2D eigenvalue weighted by Crippen LogP contribution is 2.14. The summed E-state index contributed by atoms with van der Waals surface area (Å²) in [5.74, 6) is 7.04. The first-order chi connectivity index (χ1) is 10.1. The van der Waals surface area contributed by atoms with Gasteiger partial charge in [-0.15, -0.1) is 0 Å². The number of nitrogens with one attached hydrogen (secondary N) is 1. The predicted octanol–water partition coefficient (Wildman–Crippen LogP) is 2.14. The molecule has 0 fully saturated rings. The Morgan fingerprint density at radius 1 is 1.33 bits per heavy atom. The summed E-state index contributed by atoms with van der Waals surface area (Å²) in [5.41, 5.74) is 7.80. The van der Waals surface area contributed by atoms with Gasteiger partial charge >= 0.3 is 0 Å². The van der Waals surface area contributed by atoms with Crippen molar-refractivity contribution >= 4 is 5.91 Å². The Morgan fingerprint density at radius 2 is 2.10 bits per heavy atom. The summed E-state index contributed by atoms with van der Waals surface area (Å²) in [7, 11) is 0. The second-order valence-corrected chi connectivity index (χ2v) is 4.67. The zero-order valence-electron chi connectivity index (χ0n) is 12.2. The lowest BCUT2D eigenvalue weighted by atomic mass is 10.1. The second-order valence-electron chi connectivity index (χ2n) is 4.67. The molecule has 0 aliphatic carbocycles. The van der Waals surface area contributed by atoms with Crippen LogP contribution in [-0.4, -0.2) is 12.5 Å². The molecular formula is C17H18N2O2. The predicted molar refractivity (Wildman–Crippen MR) is 81.7 cm³/mol. The van der Waals surface area contributed by atoms with Crippen molar-refractivity contribution in [1.29, 1.82) is 0 Å². The van der Waals surface area contributed by atoms with Gasteiger partial charge in [-0.05, 0) is 31.5 Å². The quantitative estimate of drug-likeness (QED) is 0.847. The maximum absolute atomic E-state index is 12.2. The van der Waals surface area contributed by atoms with Crippen LogP contribution in [0.2, 0.25) is 0 Å². The molecule has 0 aliphatic heterocycles. The average molecular weight is 282 g/mol. The van der Waals surface area contributed by atoms with E-state index in [0.717, 1.165) is 16.9 Å². The van der Waals surface area contributed by atoms with Crippen LogP contribution < -0.4 is 11.1 Å². The minimum absolute atomic E-state index is 0.147. The van der Waals surface area contributed by atoms with Crippen molar-refractivity contribution in [1.82, 2.24) is 5.32 Å². The van der Waals surface area contributed by atoms with E-state index in [1.807, 2.05) is 31.2 Å². The fourth-order valence-corrected chi connectivity index (χ4v) is 2.07. The van der Waals surface area contributed by atoms with Crippen LogP contribution in [-0.2, 0) is 6.54 Å². The van der Waals surface area contributed by atoms with Gasteiger partial charge in [0, 0.05) is 12.1 Å². The minimum Gasteiger partial charge on any atom is -0.466 e. The molecule has 1 amide bonds.